The molecular formula is C20H20BrNO3S. The Labute approximate surface area is 165 Å². The van der Waals surface area contributed by atoms with E-state index in [9.17, 15) is 9.59 Å². The van der Waals surface area contributed by atoms with E-state index in [2.05, 4.69) is 33.4 Å². The van der Waals surface area contributed by atoms with Crippen LogP contribution in [0.2, 0.25) is 0 Å². The molecule has 0 aromatic heterocycles. The lowest BCUT2D eigenvalue weighted by Gasteiger charge is -2.09. The van der Waals surface area contributed by atoms with Gasteiger partial charge in [0.2, 0.25) is 0 Å². The van der Waals surface area contributed by atoms with Gasteiger partial charge in [-0.25, -0.2) is 0 Å². The quantitative estimate of drug-likeness (QED) is 0.537. The third-order valence-electron chi connectivity index (χ3n) is 4.19. The molecule has 1 amide bonds. The summed E-state index contributed by atoms with van der Waals surface area (Å²) < 4.78 is 5.86. The monoisotopic (exact) mass is 433 g/mol. The van der Waals surface area contributed by atoms with Crippen LogP contribution < -0.4 is 5.32 Å². The van der Waals surface area contributed by atoms with E-state index in [0.29, 0.717) is 5.69 Å². The predicted octanol–water partition coefficient (Wildman–Crippen LogP) is 4.52. The fourth-order valence-electron chi connectivity index (χ4n) is 2.88. The summed E-state index contributed by atoms with van der Waals surface area (Å²) in [6.45, 7) is 1.68. The summed E-state index contributed by atoms with van der Waals surface area (Å²) in [6.07, 6.45) is 3.47. The van der Waals surface area contributed by atoms with Gasteiger partial charge in [-0.1, -0.05) is 12.1 Å². The van der Waals surface area contributed by atoms with Crippen LogP contribution in [0.5, 0.6) is 0 Å². The van der Waals surface area contributed by atoms with Crippen molar-refractivity contribution in [3.05, 3.63) is 57.6 Å². The molecule has 1 aliphatic rings. The zero-order valence-electron chi connectivity index (χ0n) is 14.5. The Bertz CT molecular complexity index is 838. The minimum Gasteiger partial charge on any atom is -0.455 e. The average molecular weight is 434 g/mol. The minimum absolute atomic E-state index is 0.195. The number of ether oxygens (including phenoxy) is 1. The summed E-state index contributed by atoms with van der Waals surface area (Å²) in [5.74, 6) is -0.556. The lowest BCUT2D eigenvalue weighted by atomic mass is 10.1. The maximum atomic E-state index is 11.9. The molecule has 0 spiro atoms. The number of amides is 1. The molecular weight excluding hydrogens is 414 g/mol. The van der Waals surface area contributed by atoms with Gasteiger partial charge >= 0.3 is 5.97 Å². The molecule has 0 bridgehead atoms. The first-order valence-corrected chi connectivity index (χ1v) is 10.3. The topological polar surface area (TPSA) is 55.4 Å². The van der Waals surface area contributed by atoms with Crippen molar-refractivity contribution >= 4 is 45.3 Å². The molecule has 26 heavy (non-hydrogen) atoms. The molecule has 0 heterocycles. The van der Waals surface area contributed by atoms with E-state index in [0.717, 1.165) is 27.8 Å². The Morgan fingerprint density at radius 3 is 2.77 bits per heavy atom. The van der Waals surface area contributed by atoms with E-state index in [-0.39, 0.29) is 18.3 Å². The number of thioether (sulfide) groups is 1. The number of carbonyl (C=O) groups excluding carboxylic acids is 2. The third-order valence-corrected chi connectivity index (χ3v) is 5.81. The normalized spacial score (nSPS) is 12.5. The highest BCUT2D eigenvalue weighted by molar-refractivity contribution is 9.10. The van der Waals surface area contributed by atoms with Crippen molar-refractivity contribution in [2.45, 2.75) is 31.1 Å². The van der Waals surface area contributed by atoms with Gasteiger partial charge in [-0.2, -0.15) is 0 Å². The van der Waals surface area contributed by atoms with Crippen LogP contribution in [-0.4, -0.2) is 24.2 Å². The Morgan fingerprint density at radius 1 is 1.15 bits per heavy atom. The molecule has 0 atom stereocenters. The van der Waals surface area contributed by atoms with Gasteiger partial charge in [0, 0.05) is 9.37 Å². The van der Waals surface area contributed by atoms with Gasteiger partial charge < -0.3 is 10.1 Å². The van der Waals surface area contributed by atoms with Crippen molar-refractivity contribution in [2.75, 3.05) is 17.7 Å². The van der Waals surface area contributed by atoms with E-state index < -0.39 is 5.97 Å². The number of hydrogen-bond acceptors (Lipinski definition) is 4. The second-order valence-corrected chi connectivity index (χ2v) is 8.17. The van der Waals surface area contributed by atoms with Crippen LogP contribution in [0.1, 0.15) is 23.1 Å². The van der Waals surface area contributed by atoms with E-state index in [1.807, 2.05) is 31.2 Å². The summed E-state index contributed by atoms with van der Waals surface area (Å²) in [7, 11) is 0. The number of aryl methyl sites for hydroxylation is 3. The van der Waals surface area contributed by atoms with Crippen LogP contribution in [0.15, 0.2) is 45.8 Å². The Kier molecular flexibility index (Phi) is 6.38. The van der Waals surface area contributed by atoms with E-state index in [4.69, 9.17) is 4.74 Å². The largest absolute Gasteiger partial charge is 0.455 e. The van der Waals surface area contributed by atoms with Crippen LogP contribution in [0, 0.1) is 6.92 Å². The number of rotatable bonds is 6. The first-order valence-electron chi connectivity index (χ1n) is 8.47. The highest BCUT2D eigenvalue weighted by Gasteiger charge is 2.13. The lowest BCUT2D eigenvalue weighted by Crippen LogP contribution is -2.21. The molecule has 2 aromatic rings. The van der Waals surface area contributed by atoms with Gasteiger partial charge in [0.05, 0.1) is 11.4 Å². The van der Waals surface area contributed by atoms with Crippen LogP contribution in [0.3, 0.4) is 0 Å². The van der Waals surface area contributed by atoms with Crippen LogP contribution in [0.4, 0.5) is 5.69 Å². The summed E-state index contributed by atoms with van der Waals surface area (Å²) in [6, 6.07) is 12.0. The Morgan fingerprint density at radius 2 is 1.96 bits per heavy atom. The molecule has 6 heteroatoms. The Hall–Kier alpha value is -1.79. The molecule has 4 nitrogen and oxygen atoms in total. The second kappa shape index (κ2) is 8.73. The first-order chi connectivity index (χ1) is 12.5. The molecule has 0 aliphatic heterocycles. The predicted molar refractivity (Wildman–Crippen MR) is 108 cm³/mol. The third kappa shape index (κ3) is 5.11. The van der Waals surface area contributed by atoms with E-state index in [1.165, 1.54) is 29.3 Å². The SMILES string of the molecule is Cc1ccc(NC(=O)COC(=O)CSc2ccc3c(c2)CCC3)c(Br)c1. The van der Waals surface area contributed by atoms with Crippen molar-refractivity contribution in [1.82, 2.24) is 0 Å². The maximum Gasteiger partial charge on any atom is 0.316 e. The number of halogens is 1. The number of anilines is 1. The molecule has 3 rings (SSSR count). The molecule has 1 N–H and O–H groups in total. The van der Waals surface area contributed by atoms with Crippen molar-refractivity contribution in [2.24, 2.45) is 0 Å². The van der Waals surface area contributed by atoms with Crippen molar-refractivity contribution in [1.29, 1.82) is 0 Å². The molecule has 0 saturated heterocycles. The highest BCUT2D eigenvalue weighted by atomic mass is 79.9. The lowest BCUT2D eigenvalue weighted by molar-refractivity contribution is -0.144. The number of fused-ring (bicyclic) bond motifs is 1. The van der Waals surface area contributed by atoms with Crippen LogP contribution >= 0.6 is 27.7 Å². The molecule has 2 aromatic carbocycles. The van der Waals surface area contributed by atoms with Crippen LogP contribution in [-0.2, 0) is 27.2 Å². The summed E-state index contributed by atoms with van der Waals surface area (Å²) in [4.78, 5) is 24.9. The van der Waals surface area contributed by atoms with Gasteiger partial charge in [-0.3, -0.25) is 9.59 Å². The van der Waals surface area contributed by atoms with Gasteiger partial charge in [0.1, 0.15) is 0 Å². The van der Waals surface area contributed by atoms with Crippen molar-refractivity contribution in [3.63, 3.8) is 0 Å². The molecule has 0 fully saturated rings. The number of benzene rings is 2. The van der Waals surface area contributed by atoms with Gasteiger partial charge in [-0.05, 0) is 83.1 Å². The Balaban J connectivity index is 1.43. The standard InChI is InChI=1S/C20H20BrNO3S/c1-13-5-8-18(17(21)9-13)22-19(23)11-25-20(24)12-26-16-7-6-14-3-2-4-15(14)10-16/h5-10H,2-4,11-12H2,1H3,(H,22,23). The number of esters is 1. The smallest absolute Gasteiger partial charge is 0.316 e. The molecule has 1 aliphatic carbocycles. The molecule has 0 saturated carbocycles. The fraction of sp³-hybridized carbons (Fsp3) is 0.300. The molecule has 0 unspecified atom stereocenters. The van der Waals surface area contributed by atoms with Gasteiger partial charge in [0.15, 0.2) is 6.61 Å². The molecule has 136 valence electrons. The zero-order valence-corrected chi connectivity index (χ0v) is 16.9. The van der Waals surface area contributed by atoms with Gasteiger partial charge in [-0.15, -0.1) is 11.8 Å². The van der Waals surface area contributed by atoms with Crippen molar-refractivity contribution in [3.8, 4) is 0 Å². The van der Waals surface area contributed by atoms with Crippen molar-refractivity contribution < 1.29 is 14.3 Å². The second-order valence-electron chi connectivity index (χ2n) is 6.26. The molecule has 0 radical (unpaired) electrons. The van der Waals surface area contributed by atoms with Gasteiger partial charge in [0.25, 0.3) is 5.91 Å². The minimum atomic E-state index is -0.395. The summed E-state index contributed by atoms with van der Waals surface area (Å²) in [5, 5.41) is 2.72. The fourth-order valence-corrected chi connectivity index (χ4v) is 4.23. The number of nitrogens with one attached hydrogen (secondary N) is 1. The number of hydrogen-bond donors (Lipinski definition) is 1. The highest BCUT2D eigenvalue weighted by Crippen LogP contribution is 2.27. The van der Waals surface area contributed by atoms with E-state index in [1.54, 1.807) is 0 Å². The maximum absolute atomic E-state index is 11.9. The number of carbonyl (C=O) groups is 2. The van der Waals surface area contributed by atoms with Crippen LogP contribution in [0.25, 0.3) is 0 Å². The first kappa shape index (κ1) is 19.0. The summed E-state index contributed by atoms with van der Waals surface area (Å²) in [5.41, 5.74) is 4.54. The average Bonchev–Trinajstić information content (AvgIpc) is 3.08. The van der Waals surface area contributed by atoms with E-state index >= 15 is 0 Å². The zero-order chi connectivity index (χ0) is 18.5. The summed E-state index contributed by atoms with van der Waals surface area (Å²) >= 11 is 4.84.